The molecule has 1 unspecified atom stereocenters. The maximum absolute atomic E-state index is 11.8. The minimum atomic E-state index is -0.393. The van der Waals surface area contributed by atoms with Crippen molar-refractivity contribution in [2.24, 2.45) is 0 Å². The molecular formula is C14H20ClNO2. The van der Waals surface area contributed by atoms with E-state index in [0.29, 0.717) is 10.6 Å². The molecule has 3 nitrogen and oxygen atoms in total. The average molecular weight is 270 g/mol. The minimum Gasteiger partial charge on any atom is -0.459 e. The van der Waals surface area contributed by atoms with Crippen molar-refractivity contribution < 1.29 is 9.53 Å². The van der Waals surface area contributed by atoms with Gasteiger partial charge in [-0.05, 0) is 25.8 Å². The van der Waals surface area contributed by atoms with Crippen LogP contribution >= 0.6 is 11.6 Å². The zero-order valence-corrected chi connectivity index (χ0v) is 11.7. The Kier molecular flexibility index (Phi) is 6.73. The third-order valence-corrected chi connectivity index (χ3v) is 3.09. The van der Waals surface area contributed by atoms with Crippen molar-refractivity contribution in [3.8, 4) is 0 Å². The molecule has 4 heteroatoms. The van der Waals surface area contributed by atoms with Gasteiger partial charge in [-0.2, -0.15) is 0 Å². The van der Waals surface area contributed by atoms with E-state index in [2.05, 4.69) is 11.9 Å². The van der Waals surface area contributed by atoms with Crippen molar-refractivity contribution in [3.63, 3.8) is 0 Å². The monoisotopic (exact) mass is 269 g/mol. The number of ether oxygens (including phenoxy) is 1. The molecule has 1 rings (SSSR count). The van der Waals surface area contributed by atoms with E-state index >= 15 is 0 Å². The fourth-order valence-electron chi connectivity index (χ4n) is 1.69. The Morgan fingerprint density at radius 3 is 2.89 bits per heavy atom. The number of unbranched alkanes of at least 4 members (excludes halogenated alkanes) is 3. The molecule has 100 valence electrons. The Bertz CT molecular complexity index is 382. The number of aromatic nitrogens is 1. The average Bonchev–Trinajstić information content (AvgIpc) is 2.35. The fraction of sp³-hybridized carbons (Fsp3) is 0.571. The van der Waals surface area contributed by atoms with Gasteiger partial charge in [-0.3, -0.25) is 4.98 Å². The second-order valence-electron chi connectivity index (χ2n) is 4.42. The molecule has 0 fully saturated rings. The Morgan fingerprint density at radius 2 is 2.22 bits per heavy atom. The lowest BCUT2D eigenvalue weighted by Gasteiger charge is -2.13. The summed E-state index contributed by atoms with van der Waals surface area (Å²) in [5, 5.41) is 0.383. The van der Waals surface area contributed by atoms with Crippen LogP contribution in [0.1, 0.15) is 56.3 Å². The Labute approximate surface area is 114 Å². The largest absolute Gasteiger partial charge is 0.459 e. The van der Waals surface area contributed by atoms with Crippen LogP contribution < -0.4 is 0 Å². The molecule has 0 bridgehead atoms. The van der Waals surface area contributed by atoms with E-state index in [1.54, 1.807) is 12.3 Å². The first-order chi connectivity index (χ1) is 8.65. The smallest absolute Gasteiger partial charge is 0.341 e. The summed E-state index contributed by atoms with van der Waals surface area (Å²) in [5.74, 6) is -0.393. The predicted molar refractivity (Wildman–Crippen MR) is 72.9 cm³/mol. The van der Waals surface area contributed by atoms with Crippen LogP contribution in [-0.2, 0) is 4.74 Å². The fourth-order valence-corrected chi connectivity index (χ4v) is 1.87. The second kappa shape index (κ2) is 8.09. The van der Waals surface area contributed by atoms with Crippen LogP contribution in [0.2, 0.25) is 5.02 Å². The number of pyridine rings is 1. The van der Waals surface area contributed by atoms with Crippen LogP contribution in [0, 0.1) is 0 Å². The van der Waals surface area contributed by atoms with Gasteiger partial charge in [-0.15, -0.1) is 0 Å². The Balaban J connectivity index is 2.38. The lowest BCUT2D eigenvalue weighted by molar-refractivity contribution is 0.0319. The van der Waals surface area contributed by atoms with Gasteiger partial charge in [-0.1, -0.05) is 37.8 Å². The molecule has 1 aromatic rings. The van der Waals surface area contributed by atoms with E-state index in [9.17, 15) is 4.79 Å². The summed E-state index contributed by atoms with van der Waals surface area (Å²) in [6, 6.07) is 1.59. The van der Waals surface area contributed by atoms with Gasteiger partial charge >= 0.3 is 5.97 Å². The van der Waals surface area contributed by atoms with Crippen molar-refractivity contribution >= 4 is 17.6 Å². The standard InChI is InChI=1S/C14H20ClNO2/c1-3-4-5-6-7-11(2)18-14(17)12-10-16-9-8-13(12)15/h8-11H,3-7H2,1-2H3. The first-order valence-electron chi connectivity index (χ1n) is 6.45. The number of rotatable bonds is 7. The van der Waals surface area contributed by atoms with E-state index in [-0.39, 0.29) is 6.10 Å². The number of halogens is 1. The maximum Gasteiger partial charge on any atom is 0.341 e. The quantitative estimate of drug-likeness (QED) is 0.549. The van der Waals surface area contributed by atoms with E-state index in [1.807, 2.05) is 6.92 Å². The van der Waals surface area contributed by atoms with E-state index in [1.165, 1.54) is 25.5 Å². The van der Waals surface area contributed by atoms with Gasteiger partial charge in [-0.25, -0.2) is 4.79 Å². The molecule has 0 saturated carbocycles. The third kappa shape index (κ3) is 5.05. The number of carbonyl (C=O) groups excluding carboxylic acids is 1. The van der Waals surface area contributed by atoms with Crippen LogP contribution in [0.5, 0.6) is 0 Å². The highest BCUT2D eigenvalue weighted by molar-refractivity contribution is 6.33. The normalized spacial score (nSPS) is 12.2. The van der Waals surface area contributed by atoms with E-state index in [4.69, 9.17) is 16.3 Å². The predicted octanol–water partition coefficient (Wildman–Crippen LogP) is 4.25. The Hall–Kier alpha value is -1.09. The lowest BCUT2D eigenvalue weighted by atomic mass is 10.1. The number of hydrogen-bond acceptors (Lipinski definition) is 3. The molecule has 0 aliphatic carbocycles. The van der Waals surface area contributed by atoms with Crippen molar-refractivity contribution in [1.82, 2.24) is 4.98 Å². The molecule has 0 N–H and O–H groups in total. The van der Waals surface area contributed by atoms with Crippen LogP contribution in [0.15, 0.2) is 18.5 Å². The highest BCUT2D eigenvalue weighted by Crippen LogP contribution is 2.16. The molecule has 18 heavy (non-hydrogen) atoms. The van der Waals surface area contributed by atoms with Crippen LogP contribution in [0.4, 0.5) is 0 Å². The molecule has 0 aromatic carbocycles. The summed E-state index contributed by atoms with van der Waals surface area (Å²) in [5.41, 5.74) is 0.333. The SMILES string of the molecule is CCCCCCC(C)OC(=O)c1cnccc1Cl. The van der Waals surface area contributed by atoms with Gasteiger partial charge in [0.25, 0.3) is 0 Å². The summed E-state index contributed by atoms with van der Waals surface area (Å²) < 4.78 is 5.33. The molecule has 1 aromatic heterocycles. The zero-order valence-electron chi connectivity index (χ0n) is 11.0. The summed E-state index contributed by atoms with van der Waals surface area (Å²) in [7, 11) is 0. The van der Waals surface area contributed by atoms with Crippen LogP contribution in [0.25, 0.3) is 0 Å². The van der Waals surface area contributed by atoms with Crippen molar-refractivity contribution in [2.45, 2.75) is 52.1 Å². The van der Waals surface area contributed by atoms with Crippen molar-refractivity contribution in [2.75, 3.05) is 0 Å². The summed E-state index contributed by atoms with van der Waals surface area (Å²) >= 11 is 5.91. The van der Waals surface area contributed by atoms with Gasteiger partial charge in [0, 0.05) is 12.4 Å². The number of hydrogen-bond donors (Lipinski definition) is 0. The molecule has 1 atom stereocenters. The number of esters is 1. The minimum absolute atomic E-state index is 0.0781. The molecule has 0 radical (unpaired) electrons. The second-order valence-corrected chi connectivity index (χ2v) is 4.83. The Morgan fingerprint density at radius 1 is 1.44 bits per heavy atom. The van der Waals surface area contributed by atoms with Crippen molar-refractivity contribution in [3.05, 3.63) is 29.0 Å². The van der Waals surface area contributed by atoms with Gasteiger partial charge < -0.3 is 4.74 Å². The highest BCUT2D eigenvalue weighted by Gasteiger charge is 2.14. The van der Waals surface area contributed by atoms with Gasteiger partial charge in [0.2, 0.25) is 0 Å². The first-order valence-corrected chi connectivity index (χ1v) is 6.83. The van der Waals surface area contributed by atoms with Gasteiger partial charge in [0.05, 0.1) is 16.7 Å². The van der Waals surface area contributed by atoms with E-state index < -0.39 is 5.97 Å². The number of carbonyl (C=O) groups is 1. The summed E-state index contributed by atoms with van der Waals surface area (Å²) in [4.78, 5) is 15.7. The van der Waals surface area contributed by atoms with E-state index in [0.717, 1.165) is 12.8 Å². The molecule has 0 spiro atoms. The molecule has 0 aliphatic rings. The third-order valence-electron chi connectivity index (χ3n) is 2.76. The molecule has 0 amide bonds. The topological polar surface area (TPSA) is 39.2 Å². The summed E-state index contributed by atoms with van der Waals surface area (Å²) in [6.07, 6.45) is 8.51. The van der Waals surface area contributed by atoms with Crippen molar-refractivity contribution in [1.29, 1.82) is 0 Å². The van der Waals surface area contributed by atoms with Gasteiger partial charge in [0.1, 0.15) is 0 Å². The number of nitrogens with zero attached hydrogens (tertiary/aromatic N) is 1. The maximum atomic E-state index is 11.8. The summed E-state index contributed by atoms with van der Waals surface area (Å²) in [6.45, 7) is 4.09. The first kappa shape index (κ1) is 15.0. The van der Waals surface area contributed by atoms with Crippen LogP contribution in [-0.4, -0.2) is 17.1 Å². The lowest BCUT2D eigenvalue weighted by Crippen LogP contribution is -2.15. The molecule has 1 heterocycles. The van der Waals surface area contributed by atoms with Crippen LogP contribution in [0.3, 0.4) is 0 Å². The highest BCUT2D eigenvalue weighted by atomic mass is 35.5. The van der Waals surface area contributed by atoms with Gasteiger partial charge in [0.15, 0.2) is 0 Å². The molecule has 0 saturated heterocycles. The molecule has 0 aliphatic heterocycles. The zero-order chi connectivity index (χ0) is 13.4. The molecular weight excluding hydrogens is 250 g/mol.